The van der Waals surface area contributed by atoms with E-state index in [1.54, 1.807) is 22.3 Å². The molecule has 0 saturated heterocycles. The summed E-state index contributed by atoms with van der Waals surface area (Å²) in [5, 5.41) is 2.82. The van der Waals surface area contributed by atoms with E-state index in [9.17, 15) is 0 Å². The minimum atomic E-state index is 0.340. The first-order valence-electron chi connectivity index (χ1n) is 23.2. The van der Waals surface area contributed by atoms with Gasteiger partial charge in [-0.1, -0.05) is 187 Å². The Bertz CT molecular complexity index is 3160. The summed E-state index contributed by atoms with van der Waals surface area (Å²) in [4.78, 5) is 10.2. The Morgan fingerprint density at radius 2 is 1.18 bits per heavy atom. The Kier molecular flexibility index (Phi) is 7.71. The van der Waals surface area contributed by atoms with Crippen molar-refractivity contribution < 1.29 is 0 Å². The number of allylic oxidation sites excluding steroid dienone is 24. The molecule has 62 heavy (non-hydrogen) atoms. The van der Waals surface area contributed by atoms with Crippen LogP contribution in [-0.4, -0.2) is 9.97 Å². The van der Waals surface area contributed by atoms with Gasteiger partial charge in [-0.2, -0.15) is 0 Å². The highest BCUT2D eigenvalue weighted by molar-refractivity contribution is 5.83. The first kappa shape index (κ1) is 35.2. The van der Waals surface area contributed by atoms with Crippen LogP contribution >= 0.6 is 0 Å². The zero-order chi connectivity index (χ0) is 40.5. The van der Waals surface area contributed by atoms with Crippen molar-refractivity contribution in [3.63, 3.8) is 0 Å². The molecule has 14 rings (SSSR count). The fraction of sp³-hybridized carbons (Fsp3) is 0.233. The van der Waals surface area contributed by atoms with Crippen LogP contribution in [0.4, 0.5) is 0 Å². The highest BCUT2D eigenvalue weighted by Gasteiger charge is 2.49. The number of hydrogen-bond acceptors (Lipinski definition) is 2. The van der Waals surface area contributed by atoms with Gasteiger partial charge in [-0.05, 0) is 104 Å². The number of rotatable bonds is 4. The number of hydrogen-bond donors (Lipinski definition) is 0. The van der Waals surface area contributed by atoms with Crippen LogP contribution in [0, 0.1) is 59.2 Å². The molecule has 3 fully saturated rings. The fourth-order valence-corrected chi connectivity index (χ4v) is 14.1. The van der Waals surface area contributed by atoms with Crippen LogP contribution in [0.2, 0.25) is 0 Å². The first-order valence-corrected chi connectivity index (χ1v) is 23.2. The topological polar surface area (TPSA) is 25.8 Å². The lowest BCUT2D eigenvalue weighted by Gasteiger charge is -2.43. The minimum absolute atomic E-state index is 0.340. The Labute approximate surface area is 364 Å². The van der Waals surface area contributed by atoms with Crippen LogP contribution in [0.15, 0.2) is 216 Å². The van der Waals surface area contributed by atoms with E-state index in [2.05, 4.69) is 188 Å². The molecule has 3 aromatic carbocycles. The number of benzene rings is 3. The molecule has 4 aromatic rings. The number of fused-ring (bicyclic) bond motifs is 9. The molecule has 10 aliphatic rings. The van der Waals surface area contributed by atoms with Crippen LogP contribution in [0.1, 0.15) is 42.0 Å². The number of para-hydroxylation sites is 2. The maximum atomic E-state index is 5.28. The maximum absolute atomic E-state index is 5.28. The van der Waals surface area contributed by atoms with Crippen LogP contribution in [0.5, 0.6) is 0 Å². The van der Waals surface area contributed by atoms with Crippen molar-refractivity contribution in [2.75, 3.05) is 0 Å². The van der Waals surface area contributed by atoms with Gasteiger partial charge in [0.2, 0.25) is 0 Å². The van der Waals surface area contributed by atoms with Crippen molar-refractivity contribution in [2.24, 2.45) is 59.2 Å². The largest absolute Gasteiger partial charge is 0.253 e. The van der Waals surface area contributed by atoms with E-state index in [1.807, 2.05) is 0 Å². The monoisotopic (exact) mass is 796 g/mol. The summed E-state index contributed by atoms with van der Waals surface area (Å²) in [6.45, 7) is 0. The summed E-state index contributed by atoms with van der Waals surface area (Å²) in [5.74, 6) is 4.86. The van der Waals surface area contributed by atoms with E-state index in [4.69, 9.17) is 9.97 Å². The van der Waals surface area contributed by atoms with Gasteiger partial charge in [0.1, 0.15) is 0 Å². The van der Waals surface area contributed by atoms with Crippen molar-refractivity contribution in [1.82, 2.24) is 9.97 Å². The van der Waals surface area contributed by atoms with Crippen molar-refractivity contribution in [1.29, 1.82) is 0 Å². The normalized spacial score (nSPS) is 33.6. The predicted molar refractivity (Wildman–Crippen MR) is 252 cm³/mol. The third-order valence-corrected chi connectivity index (χ3v) is 16.7. The molecule has 0 bridgehead atoms. The maximum Gasteiger partial charge on any atom is 0.0890 e. The van der Waals surface area contributed by atoms with Crippen molar-refractivity contribution >= 4 is 27.8 Å². The molecule has 0 radical (unpaired) electrons. The highest BCUT2D eigenvalue weighted by atomic mass is 14.8. The van der Waals surface area contributed by atoms with E-state index in [0.717, 1.165) is 36.0 Å². The predicted octanol–water partition coefficient (Wildman–Crippen LogP) is 11.6. The third-order valence-electron chi connectivity index (χ3n) is 16.7. The Morgan fingerprint density at radius 3 is 2.03 bits per heavy atom. The second kappa shape index (κ2) is 13.6. The second-order valence-corrected chi connectivity index (χ2v) is 19.3. The average Bonchev–Trinajstić information content (AvgIpc) is 3.85. The molecule has 3 saturated carbocycles. The number of aromatic nitrogens is 2. The lowest BCUT2D eigenvalue weighted by atomic mass is 9.61. The Balaban J connectivity index is 0.910. The summed E-state index contributed by atoms with van der Waals surface area (Å²) in [5.41, 5.74) is 18.1. The van der Waals surface area contributed by atoms with Gasteiger partial charge in [0.15, 0.2) is 0 Å². The van der Waals surface area contributed by atoms with E-state index in [1.165, 1.54) is 43.9 Å². The van der Waals surface area contributed by atoms with E-state index in [-0.39, 0.29) is 0 Å². The standard InChI is InChI=1S/C60H48N2/c1-3-13-41-39(11-1)44-18-9-17-43-38(29-30-49(41)58(43)44)35-23-25-36(26-24-35)57-46-15-5-6-16-47(46)60(51-32-31-50-42-14-4-2-12-40(42)45-19-10-20-48(51)59(45)50)52-28-27-37(33-53(52)57)56-34-61-54-21-7-8-22-55(54)62-56/h1-26,29-32,34,37,39-43,50,52-53,58-59H,27-28,33H2. The third kappa shape index (κ3) is 5.04. The second-order valence-electron chi connectivity index (χ2n) is 19.3. The molecule has 0 spiro atoms. The molecule has 0 amide bonds. The van der Waals surface area contributed by atoms with Crippen LogP contribution < -0.4 is 10.4 Å². The highest BCUT2D eigenvalue weighted by Crippen LogP contribution is 2.59. The van der Waals surface area contributed by atoms with Gasteiger partial charge in [-0.15, -0.1) is 0 Å². The molecule has 0 N–H and O–H groups in total. The Hall–Kier alpha value is -6.38. The van der Waals surface area contributed by atoms with Crippen molar-refractivity contribution in [3.8, 4) is 0 Å². The van der Waals surface area contributed by atoms with Gasteiger partial charge in [0.25, 0.3) is 0 Å². The lowest BCUT2D eigenvalue weighted by molar-refractivity contribution is 0.312. The van der Waals surface area contributed by atoms with Crippen LogP contribution in [-0.2, 0) is 0 Å². The van der Waals surface area contributed by atoms with E-state index < -0.39 is 0 Å². The van der Waals surface area contributed by atoms with Gasteiger partial charge in [0, 0.05) is 47.6 Å². The van der Waals surface area contributed by atoms with E-state index in [0.29, 0.717) is 65.1 Å². The summed E-state index contributed by atoms with van der Waals surface area (Å²) in [6, 6.07) is 27.5. The average molecular weight is 797 g/mol. The van der Waals surface area contributed by atoms with Gasteiger partial charge in [-0.25, -0.2) is 4.98 Å². The molecule has 2 nitrogen and oxygen atoms in total. The summed E-state index contributed by atoms with van der Waals surface area (Å²) < 4.78 is 0. The van der Waals surface area contributed by atoms with Gasteiger partial charge < -0.3 is 0 Å². The molecule has 11 atom stereocenters. The smallest absolute Gasteiger partial charge is 0.0890 e. The van der Waals surface area contributed by atoms with Crippen molar-refractivity contribution in [2.45, 2.75) is 25.2 Å². The molecule has 11 unspecified atom stereocenters. The van der Waals surface area contributed by atoms with Crippen LogP contribution in [0.25, 0.3) is 27.8 Å². The zero-order valence-electron chi connectivity index (χ0n) is 34.8. The Morgan fingerprint density at radius 1 is 0.484 bits per heavy atom. The molecule has 1 heterocycles. The molecular formula is C60H48N2. The molecule has 298 valence electrons. The summed E-state index contributed by atoms with van der Waals surface area (Å²) in [7, 11) is 0. The summed E-state index contributed by atoms with van der Waals surface area (Å²) in [6.07, 6.45) is 48.6. The van der Waals surface area contributed by atoms with Crippen molar-refractivity contribution in [3.05, 3.63) is 243 Å². The minimum Gasteiger partial charge on any atom is -0.253 e. The molecule has 10 aliphatic carbocycles. The SMILES string of the molecule is C1=CC2=C(C3=c4ccccc4=C(c4ccc(C5=CC=C6C7C=CC=CC7C7=CC=CC5C76)cc4)C4CC(c5cnc6ccccc6n5)CCC34)C=CC3C2C(=C1)C1C=CC=CC13. The molecule has 1 aromatic heterocycles. The zero-order valence-corrected chi connectivity index (χ0v) is 34.8. The lowest BCUT2D eigenvalue weighted by Crippen LogP contribution is -2.43. The van der Waals surface area contributed by atoms with Gasteiger partial charge >= 0.3 is 0 Å². The summed E-state index contributed by atoms with van der Waals surface area (Å²) >= 11 is 0. The quantitative estimate of drug-likeness (QED) is 0.206. The first-order chi connectivity index (χ1) is 30.8. The van der Waals surface area contributed by atoms with Gasteiger partial charge in [-0.3, -0.25) is 4.98 Å². The molecule has 2 heteroatoms. The fourth-order valence-electron chi connectivity index (χ4n) is 14.1. The van der Waals surface area contributed by atoms with Crippen LogP contribution in [0.3, 0.4) is 0 Å². The van der Waals surface area contributed by atoms with Gasteiger partial charge in [0.05, 0.1) is 16.7 Å². The molecular weight excluding hydrogens is 749 g/mol. The molecule has 0 aliphatic heterocycles. The number of nitrogens with zero attached hydrogens (tertiary/aromatic N) is 2. The van der Waals surface area contributed by atoms with E-state index >= 15 is 0 Å².